The fourth-order valence-electron chi connectivity index (χ4n) is 2.13. The quantitative estimate of drug-likeness (QED) is 0.699. The van der Waals surface area contributed by atoms with Crippen molar-refractivity contribution in [3.63, 3.8) is 0 Å². The van der Waals surface area contributed by atoms with Gasteiger partial charge in [0.15, 0.2) is 0 Å². The maximum atomic E-state index is 12.0. The molecule has 0 saturated heterocycles. The third kappa shape index (κ3) is 7.54. The Bertz CT molecular complexity index is 535. The van der Waals surface area contributed by atoms with E-state index >= 15 is 0 Å². The van der Waals surface area contributed by atoms with Gasteiger partial charge in [-0.15, -0.1) is 0 Å². The van der Waals surface area contributed by atoms with Gasteiger partial charge in [-0.2, -0.15) is 0 Å². The number of alkyl carbamates (subject to hydrolysis) is 1. The number of carboxylic acids is 1. The molecule has 0 spiro atoms. The van der Waals surface area contributed by atoms with Gasteiger partial charge in [-0.25, -0.2) is 4.79 Å². The number of aliphatic carboxylic acids is 1. The highest BCUT2D eigenvalue weighted by Gasteiger charge is 2.23. The predicted molar refractivity (Wildman–Crippen MR) is 89.1 cm³/mol. The van der Waals surface area contributed by atoms with Crippen LogP contribution in [0, 0.1) is 5.92 Å². The Kier molecular flexibility index (Phi) is 6.42. The van der Waals surface area contributed by atoms with Gasteiger partial charge in [-0.05, 0) is 51.3 Å². The molecule has 6 nitrogen and oxygen atoms in total. The van der Waals surface area contributed by atoms with E-state index in [1.807, 2.05) is 12.1 Å². The lowest BCUT2D eigenvalue weighted by Gasteiger charge is -2.24. The van der Waals surface area contributed by atoms with Gasteiger partial charge in [-0.1, -0.05) is 19.1 Å². The zero-order valence-corrected chi connectivity index (χ0v) is 14.1. The first kappa shape index (κ1) is 18.8. The van der Waals surface area contributed by atoms with Gasteiger partial charge < -0.3 is 20.9 Å². The molecule has 128 valence electrons. The van der Waals surface area contributed by atoms with Gasteiger partial charge in [0.2, 0.25) is 0 Å². The molecule has 6 heteroatoms. The monoisotopic (exact) mass is 322 g/mol. The van der Waals surface area contributed by atoms with Crippen molar-refractivity contribution in [1.82, 2.24) is 5.32 Å². The van der Waals surface area contributed by atoms with Crippen molar-refractivity contribution in [2.24, 2.45) is 5.92 Å². The number of hydrogen-bond donors (Lipinski definition) is 3. The number of nitrogens with two attached hydrogens (primary N) is 1. The van der Waals surface area contributed by atoms with Crippen LogP contribution in [0.15, 0.2) is 24.3 Å². The van der Waals surface area contributed by atoms with Crippen LogP contribution in [0.5, 0.6) is 0 Å². The first-order valence-corrected chi connectivity index (χ1v) is 7.63. The smallest absolute Gasteiger partial charge is 0.407 e. The van der Waals surface area contributed by atoms with Crippen LogP contribution in [0.3, 0.4) is 0 Å². The summed E-state index contributed by atoms with van der Waals surface area (Å²) in [6.45, 7) is 6.96. The number of anilines is 1. The van der Waals surface area contributed by atoms with E-state index in [1.165, 1.54) is 0 Å². The number of nitrogen functional groups attached to an aromatic ring is 1. The van der Waals surface area contributed by atoms with E-state index in [0.717, 1.165) is 5.56 Å². The molecule has 0 radical (unpaired) electrons. The van der Waals surface area contributed by atoms with Crippen molar-refractivity contribution in [3.8, 4) is 0 Å². The third-order valence-corrected chi connectivity index (χ3v) is 3.24. The van der Waals surface area contributed by atoms with Crippen LogP contribution in [0.1, 0.15) is 39.7 Å². The van der Waals surface area contributed by atoms with E-state index in [0.29, 0.717) is 18.5 Å². The van der Waals surface area contributed by atoms with Crippen LogP contribution in [0.25, 0.3) is 0 Å². The lowest BCUT2D eigenvalue weighted by molar-refractivity contribution is -0.141. The Hall–Kier alpha value is -2.24. The fourth-order valence-corrected chi connectivity index (χ4v) is 2.13. The van der Waals surface area contributed by atoms with Crippen LogP contribution < -0.4 is 11.1 Å². The molecular weight excluding hydrogens is 296 g/mol. The van der Waals surface area contributed by atoms with Crippen molar-refractivity contribution < 1.29 is 19.4 Å². The van der Waals surface area contributed by atoms with Crippen LogP contribution >= 0.6 is 0 Å². The minimum Gasteiger partial charge on any atom is -0.481 e. The molecule has 0 unspecified atom stereocenters. The summed E-state index contributed by atoms with van der Waals surface area (Å²) in [5.41, 5.74) is 6.68. The molecule has 23 heavy (non-hydrogen) atoms. The second kappa shape index (κ2) is 7.85. The molecule has 0 aliphatic carbocycles. The molecule has 1 rings (SSSR count). The molecule has 4 N–H and O–H groups in total. The van der Waals surface area contributed by atoms with Gasteiger partial charge in [0.05, 0.1) is 5.92 Å². The zero-order valence-electron chi connectivity index (χ0n) is 14.1. The average Bonchev–Trinajstić information content (AvgIpc) is 2.38. The van der Waals surface area contributed by atoms with E-state index in [4.69, 9.17) is 15.6 Å². The summed E-state index contributed by atoms with van der Waals surface area (Å²) >= 11 is 0. The number of rotatable bonds is 6. The van der Waals surface area contributed by atoms with Gasteiger partial charge >= 0.3 is 12.1 Å². The maximum Gasteiger partial charge on any atom is 0.407 e. The van der Waals surface area contributed by atoms with Gasteiger partial charge in [-0.3, -0.25) is 4.79 Å². The molecule has 0 aliphatic heterocycles. The SMILES string of the molecule is C[C@H](C[C@H](Cc1ccc(N)cc1)NC(=O)OC(C)(C)C)C(=O)O. The van der Waals surface area contributed by atoms with Crippen molar-refractivity contribution in [3.05, 3.63) is 29.8 Å². The molecule has 0 fully saturated rings. The zero-order chi connectivity index (χ0) is 17.6. The summed E-state index contributed by atoms with van der Waals surface area (Å²) in [6, 6.07) is 6.95. The van der Waals surface area contributed by atoms with Gasteiger partial charge in [0, 0.05) is 11.7 Å². The molecule has 0 aromatic heterocycles. The number of carbonyl (C=O) groups is 2. The van der Waals surface area contributed by atoms with E-state index in [2.05, 4.69) is 5.32 Å². The number of ether oxygens (including phenoxy) is 1. The molecule has 1 aromatic carbocycles. The van der Waals surface area contributed by atoms with Crippen molar-refractivity contribution in [2.75, 3.05) is 5.73 Å². The van der Waals surface area contributed by atoms with E-state index in [-0.39, 0.29) is 6.04 Å². The third-order valence-electron chi connectivity index (χ3n) is 3.24. The number of hydrogen-bond acceptors (Lipinski definition) is 4. The fraction of sp³-hybridized carbons (Fsp3) is 0.529. The Morgan fingerprint density at radius 3 is 2.30 bits per heavy atom. The molecule has 0 aliphatic rings. The van der Waals surface area contributed by atoms with Crippen molar-refractivity contribution >= 4 is 17.7 Å². The average molecular weight is 322 g/mol. The Morgan fingerprint density at radius 1 is 1.26 bits per heavy atom. The first-order valence-electron chi connectivity index (χ1n) is 7.63. The number of nitrogens with one attached hydrogen (secondary N) is 1. The summed E-state index contributed by atoms with van der Waals surface area (Å²) in [4.78, 5) is 23.0. The highest BCUT2D eigenvalue weighted by Crippen LogP contribution is 2.15. The second-order valence-corrected chi connectivity index (χ2v) is 6.76. The highest BCUT2D eigenvalue weighted by molar-refractivity contribution is 5.70. The van der Waals surface area contributed by atoms with Crippen LogP contribution in [0.2, 0.25) is 0 Å². The standard InChI is InChI=1S/C17H26N2O4/c1-11(15(20)21)9-14(19-16(22)23-17(2,3)4)10-12-5-7-13(18)8-6-12/h5-8,11,14H,9-10,18H2,1-4H3,(H,19,22)(H,20,21)/t11-,14-/m1/s1. The molecule has 1 amide bonds. The van der Waals surface area contributed by atoms with Crippen molar-refractivity contribution in [2.45, 2.75) is 52.2 Å². The van der Waals surface area contributed by atoms with Gasteiger partial charge in [0.1, 0.15) is 5.60 Å². The number of benzene rings is 1. The predicted octanol–water partition coefficient (Wildman–Crippen LogP) is 2.82. The Balaban J connectivity index is 2.77. The Morgan fingerprint density at radius 2 is 1.83 bits per heavy atom. The molecule has 0 bridgehead atoms. The largest absolute Gasteiger partial charge is 0.481 e. The lowest BCUT2D eigenvalue weighted by Crippen LogP contribution is -2.41. The summed E-state index contributed by atoms with van der Waals surface area (Å²) in [5, 5.41) is 11.9. The minimum absolute atomic E-state index is 0.318. The van der Waals surface area contributed by atoms with Crippen LogP contribution in [-0.2, 0) is 16.0 Å². The maximum absolute atomic E-state index is 12.0. The molecule has 1 aromatic rings. The molecule has 0 heterocycles. The molecular formula is C17H26N2O4. The lowest BCUT2D eigenvalue weighted by atomic mass is 9.96. The number of carbonyl (C=O) groups excluding carboxylic acids is 1. The summed E-state index contributed by atoms with van der Waals surface area (Å²) in [7, 11) is 0. The second-order valence-electron chi connectivity index (χ2n) is 6.76. The van der Waals surface area contributed by atoms with E-state index < -0.39 is 23.6 Å². The molecule has 2 atom stereocenters. The number of carboxylic acid groups (broad SMARTS) is 1. The number of amides is 1. The summed E-state index contributed by atoms with van der Waals surface area (Å²) in [6.07, 6.45) is 0.284. The Labute approximate surface area is 137 Å². The first-order chi connectivity index (χ1) is 10.6. The van der Waals surface area contributed by atoms with Gasteiger partial charge in [0.25, 0.3) is 0 Å². The topological polar surface area (TPSA) is 102 Å². The van der Waals surface area contributed by atoms with Crippen LogP contribution in [-0.4, -0.2) is 28.8 Å². The van der Waals surface area contributed by atoms with E-state index in [9.17, 15) is 9.59 Å². The highest BCUT2D eigenvalue weighted by atomic mass is 16.6. The van der Waals surface area contributed by atoms with E-state index in [1.54, 1.807) is 39.8 Å². The minimum atomic E-state index is -0.890. The summed E-state index contributed by atoms with van der Waals surface area (Å²) in [5.74, 6) is -1.46. The molecule has 0 saturated carbocycles. The summed E-state index contributed by atoms with van der Waals surface area (Å²) < 4.78 is 5.25. The van der Waals surface area contributed by atoms with Crippen LogP contribution in [0.4, 0.5) is 10.5 Å². The van der Waals surface area contributed by atoms with Crippen molar-refractivity contribution in [1.29, 1.82) is 0 Å². The normalized spacial score (nSPS) is 13.9.